The Kier molecular flexibility index (Phi) is 5.63. The first-order valence-corrected chi connectivity index (χ1v) is 11.3. The van der Waals surface area contributed by atoms with Gasteiger partial charge in [0.05, 0.1) is 22.0 Å². The minimum atomic E-state index is -4.43. The van der Waals surface area contributed by atoms with Crippen molar-refractivity contribution in [2.24, 2.45) is 0 Å². The van der Waals surface area contributed by atoms with Crippen LogP contribution in [-0.4, -0.2) is 34.3 Å². The van der Waals surface area contributed by atoms with E-state index in [1.807, 2.05) is 6.07 Å². The number of nitrogens with zero attached hydrogens (tertiary/aromatic N) is 3. The molecule has 2 aliphatic rings. The third-order valence-corrected chi connectivity index (χ3v) is 6.73. The highest BCUT2D eigenvalue weighted by molar-refractivity contribution is 6.32. The summed E-state index contributed by atoms with van der Waals surface area (Å²) in [5, 5.41) is 8.36. The van der Waals surface area contributed by atoms with Crippen molar-refractivity contribution in [3.05, 3.63) is 75.9 Å². The maximum atomic E-state index is 13.3. The summed E-state index contributed by atoms with van der Waals surface area (Å²) in [7, 11) is 0. The molecule has 3 aromatic rings. The number of hydrogen-bond donors (Lipinski definition) is 1. The van der Waals surface area contributed by atoms with Crippen LogP contribution < -0.4 is 5.32 Å². The molecule has 0 saturated carbocycles. The summed E-state index contributed by atoms with van der Waals surface area (Å²) < 4.78 is 41.4. The van der Waals surface area contributed by atoms with Gasteiger partial charge in [-0.15, -0.1) is 0 Å². The summed E-state index contributed by atoms with van der Waals surface area (Å²) in [4.78, 5) is 2.45. The van der Waals surface area contributed by atoms with E-state index in [0.29, 0.717) is 5.92 Å². The van der Waals surface area contributed by atoms with Crippen LogP contribution in [0.4, 0.5) is 19.0 Å². The lowest BCUT2D eigenvalue weighted by atomic mass is 9.90. The van der Waals surface area contributed by atoms with Gasteiger partial charge in [-0.2, -0.15) is 18.3 Å². The van der Waals surface area contributed by atoms with E-state index in [4.69, 9.17) is 16.7 Å². The molecule has 5 rings (SSSR count). The van der Waals surface area contributed by atoms with E-state index in [1.165, 1.54) is 11.6 Å². The van der Waals surface area contributed by atoms with Crippen molar-refractivity contribution in [3.63, 3.8) is 0 Å². The Bertz CT molecular complexity index is 1100. The zero-order chi connectivity index (χ0) is 22.3. The summed E-state index contributed by atoms with van der Waals surface area (Å²) in [5.41, 5.74) is 2.95. The fourth-order valence-electron chi connectivity index (χ4n) is 4.76. The first-order valence-electron chi connectivity index (χ1n) is 10.9. The lowest BCUT2D eigenvalue weighted by molar-refractivity contribution is -0.137. The number of benzene rings is 2. The van der Waals surface area contributed by atoms with E-state index >= 15 is 0 Å². The second-order valence-corrected chi connectivity index (χ2v) is 8.91. The minimum absolute atomic E-state index is 0.251. The maximum absolute atomic E-state index is 13.3. The van der Waals surface area contributed by atoms with Gasteiger partial charge in [0.25, 0.3) is 0 Å². The summed E-state index contributed by atoms with van der Waals surface area (Å²) in [6, 6.07) is 13.8. The Morgan fingerprint density at radius 3 is 2.53 bits per heavy atom. The van der Waals surface area contributed by atoms with Gasteiger partial charge in [-0.3, -0.25) is 4.90 Å². The molecule has 1 N–H and O–H groups in total. The van der Waals surface area contributed by atoms with Gasteiger partial charge in [0, 0.05) is 24.6 Å². The van der Waals surface area contributed by atoms with E-state index in [0.717, 1.165) is 74.6 Å². The first-order chi connectivity index (χ1) is 15.4. The molecule has 4 nitrogen and oxygen atoms in total. The van der Waals surface area contributed by atoms with Crippen LogP contribution in [0.3, 0.4) is 0 Å². The smallest absolute Gasteiger partial charge is 0.369 e. The monoisotopic (exact) mass is 460 g/mol. The normalized spacial score (nSPS) is 17.4. The molecule has 3 heterocycles. The van der Waals surface area contributed by atoms with Crippen LogP contribution in [0, 0.1) is 0 Å². The van der Waals surface area contributed by atoms with Gasteiger partial charge in [0.1, 0.15) is 5.82 Å². The van der Waals surface area contributed by atoms with Crippen LogP contribution in [0.5, 0.6) is 0 Å². The van der Waals surface area contributed by atoms with Crippen molar-refractivity contribution >= 4 is 17.4 Å². The van der Waals surface area contributed by atoms with Crippen molar-refractivity contribution in [1.29, 1.82) is 0 Å². The minimum Gasteiger partial charge on any atom is -0.369 e. The zero-order valence-corrected chi connectivity index (χ0v) is 18.3. The van der Waals surface area contributed by atoms with Crippen LogP contribution in [0.2, 0.25) is 5.02 Å². The molecule has 0 aliphatic carbocycles. The van der Waals surface area contributed by atoms with E-state index in [2.05, 4.69) is 34.5 Å². The second kappa shape index (κ2) is 8.45. The lowest BCUT2D eigenvalue weighted by Gasteiger charge is -2.31. The van der Waals surface area contributed by atoms with Crippen molar-refractivity contribution in [2.75, 3.05) is 25.0 Å². The van der Waals surface area contributed by atoms with Gasteiger partial charge < -0.3 is 5.32 Å². The van der Waals surface area contributed by atoms with Crippen molar-refractivity contribution in [3.8, 4) is 5.69 Å². The summed E-state index contributed by atoms with van der Waals surface area (Å²) >= 11 is 6.31. The lowest BCUT2D eigenvalue weighted by Crippen LogP contribution is -2.32. The number of halogens is 4. The number of rotatable bonds is 4. The SMILES string of the molecule is FC(F)(F)c1ccc(Cl)c(-n2nc(C3CCN(Cc4ccccc4)CC3)c3c2NCC3)c1. The quantitative estimate of drug-likeness (QED) is 0.527. The van der Waals surface area contributed by atoms with Gasteiger partial charge in [-0.05, 0) is 56.1 Å². The molecule has 32 heavy (non-hydrogen) atoms. The number of alkyl halides is 3. The number of piperidine rings is 1. The van der Waals surface area contributed by atoms with Gasteiger partial charge in [-0.25, -0.2) is 4.68 Å². The molecule has 0 bridgehead atoms. The maximum Gasteiger partial charge on any atom is 0.416 e. The Hall–Kier alpha value is -2.51. The van der Waals surface area contributed by atoms with Crippen LogP contribution in [-0.2, 0) is 19.1 Å². The summed E-state index contributed by atoms with van der Waals surface area (Å²) in [6.07, 6.45) is -1.65. The number of fused-ring (bicyclic) bond motifs is 1. The van der Waals surface area contributed by atoms with Gasteiger partial charge >= 0.3 is 6.18 Å². The predicted molar refractivity (Wildman–Crippen MR) is 119 cm³/mol. The second-order valence-electron chi connectivity index (χ2n) is 8.50. The van der Waals surface area contributed by atoms with Crippen molar-refractivity contribution < 1.29 is 13.2 Å². The third kappa shape index (κ3) is 4.11. The van der Waals surface area contributed by atoms with Gasteiger partial charge in [-0.1, -0.05) is 41.9 Å². The predicted octanol–water partition coefficient (Wildman–Crippen LogP) is 5.89. The Labute approximate surface area is 190 Å². The first kappa shape index (κ1) is 21.3. The number of hydrogen-bond acceptors (Lipinski definition) is 3. The highest BCUT2D eigenvalue weighted by atomic mass is 35.5. The number of nitrogens with one attached hydrogen (secondary N) is 1. The molecule has 0 atom stereocenters. The summed E-state index contributed by atoms with van der Waals surface area (Å²) in [5.74, 6) is 1.06. The topological polar surface area (TPSA) is 33.1 Å². The fourth-order valence-corrected chi connectivity index (χ4v) is 4.96. The Balaban J connectivity index is 1.39. The van der Waals surface area contributed by atoms with Crippen molar-refractivity contribution in [1.82, 2.24) is 14.7 Å². The molecule has 2 aromatic carbocycles. The van der Waals surface area contributed by atoms with E-state index in [-0.39, 0.29) is 10.7 Å². The highest BCUT2D eigenvalue weighted by Crippen LogP contribution is 2.39. The average molecular weight is 461 g/mol. The molecule has 0 radical (unpaired) electrons. The largest absolute Gasteiger partial charge is 0.416 e. The third-order valence-electron chi connectivity index (χ3n) is 6.41. The molecule has 1 saturated heterocycles. The van der Waals surface area contributed by atoms with E-state index < -0.39 is 11.7 Å². The van der Waals surface area contributed by atoms with Crippen LogP contribution >= 0.6 is 11.6 Å². The van der Waals surface area contributed by atoms with Crippen LogP contribution in [0.15, 0.2) is 48.5 Å². The van der Waals surface area contributed by atoms with Crippen molar-refractivity contribution in [2.45, 2.75) is 37.9 Å². The molecule has 168 valence electrons. The van der Waals surface area contributed by atoms with Crippen LogP contribution in [0.25, 0.3) is 5.69 Å². The number of anilines is 1. The molecular weight excluding hydrogens is 437 g/mol. The molecule has 0 unspecified atom stereocenters. The van der Waals surface area contributed by atoms with E-state index in [9.17, 15) is 13.2 Å². The molecular formula is C24H24ClF3N4. The van der Waals surface area contributed by atoms with E-state index in [1.54, 1.807) is 4.68 Å². The highest BCUT2D eigenvalue weighted by Gasteiger charge is 2.33. The molecule has 2 aliphatic heterocycles. The standard InChI is InChI=1S/C24H24ClF3N4/c25-20-7-6-18(24(26,27)28)14-21(20)32-23-19(8-11-29-23)22(30-32)17-9-12-31(13-10-17)15-16-4-2-1-3-5-16/h1-7,14,17,29H,8-13,15H2. The number of aromatic nitrogens is 2. The number of likely N-dealkylation sites (tertiary alicyclic amines) is 1. The summed E-state index contributed by atoms with van der Waals surface area (Å²) in [6.45, 7) is 3.63. The van der Waals surface area contributed by atoms with Gasteiger partial charge in [0.2, 0.25) is 0 Å². The Morgan fingerprint density at radius 2 is 1.81 bits per heavy atom. The van der Waals surface area contributed by atoms with Gasteiger partial charge in [0.15, 0.2) is 0 Å². The molecule has 8 heteroatoms. The fraction of sp³-hybridized carbons (Fsp3) is 0.375. The molecule has 0 amide bonds. The molecule has 1 fully saturated rings. The zero-order valence-electron chi connectivity index (χ0n) is 17.5. The molecule has 0 spiro atoms. The Morgan fingerprint density at radius 1 is 1.06 bits per heavy atom. The molecule has 1 aromatic heterocycles. The van der Waals surface area contributed by atoms with Crippen LogP contribution in [0.1, 0.15) is 41.1 Å². The average Bonchev–Trinajstić information content (AvgIpc) is 3.38.